The zero-order valence-electron chi connectivity index (χ0n) is 5.09. The lowest BCUT2D eigenvalue weighted by Gasteiger charge is -2.29. The normalized spacial score (nSPS) is 20.5. The fourth-order valence-electron chi connectivity index (χ4n) is 0.905. The summed E-state index contributed by atoms with van der Waals surface area (Å²) in [4.78, 5) is 2.20. The van der Waals surface area contributed by atoms with Crippen LogP contribution in [-0.4, -0.2) is 36.8 Å². The first-order valence-corrected chi connectivity index (χ1v) is 2.80. The molecule has 0 aromatic rings. The standard InChI is InChI=1S/C6H11NO/c1-7-4-6(5-7)2-3-8/h2,8H,3-5H2,1H3. The lowest BCUT2D eigenvalue weighted by molar-refractivity contribution is 0.297. The Kier molecular flexibility index (Phi) is 1.65. The van der Waals surface area contributed by atoms with Crippen molar-refractivity contribution in [3.8, 4) is 0 Å². The van der Waals surface area contributed by atoms with Gasteiger partial charge in [-0.3, -0.25) is 4.90 Å². The van der Waals surface area contributed by atoms with Crippen LogP contribution in [0.3, 0.4) is 0 Å². The first kappa shape index (κ1) is 5.79. The molecule has 1 aliphatic heterocycles. The van der Waals surface area contributed by atoms with E-state index in [9.17, 15) is 0 Å². The molecule has 0 spiro atoms. The van der Waals surface area contributed by atoms with Crippen molar-refractivity contribution < 1.29 is 5.11 Å². The molecule has 2 nitrogen and oxygen atoms in total. The Morgan fingerprint density at radius 3 is 2.75 bits per heavy atom. The van der Waals surface area contributed by atoms with Crippen LogP contribution < -0.4 is 0 Å². The second-order valence-electron chi connectivity index (χ2n) is 2.22. The van der Waals surface area contributed by atoms with Gasteiger partial charge in [0.15, 0.2) is 0 Å². The van der Waals surface area contributed by atoms with Crippen LogP contribution in [-0.2, 0) is 0 Å². The van der Waals surface area contributed by atoms with Crippen LogP contribution in [0, 0.1) is 0 Å². The van der Waals surface area contributed by atoms with Gasteiger partial charge < -0.3 is 5.11 Å². The van der Waals surface area contributed by atoms with Crippen molar-refractivity contribution in [2.45, 2.75) is 0 Å². The van der Waals surface area contributed by atoms with E-state index in [0.717, 1.165) is 13.1 Å². The van der Waals surface area contributed by atoms with Crippen LogP contribution in [0.25, 0.3) is 0 Å². The van der Waals surface area contributed by atoms with Crippen molar-refractivity contribution in [1.29, 1.82) is 0 Å². The van der Waals surface area contributed by atoms with Crippen LogP contribution in [0.15, 0.2) is 11.6 Å². The smallest absolute Gasteiger partial charge is 0.0615 e. The second kappa shape index (κ2) is 2.29. The molecule has 0 aromatic heterocycles. The summed E-state index contributed by atoms with van der Waals surface area (Å²) in [6.45, 7) is 2.28. The number of aliphatic hydroxyl groups is 1. The van der Waals surface area contributed by atoms with E-state index in [1.807, 2.05) is 6.08 Å². The fourth-order valence-corrected chi connectivity index (χ4v) is 0.905. The first-order valence-electron chi connectivity index (χ1n) is 2.80. The summed E-state index contributed by atoms with van der Waals surface area (Å²) in [6.07, 6.45) is 1.88. The highest BCUT2D eigenvalue weighted by atomic mass is 16.2. The molecule has 1 rings (SSSR count). The average molecular weight is 113 g/mol. The van der Waals surface area contributed by atoms with Gasteiger partial charge in [0.05, 0.1) is 6.61 Å². The summed E-state index contributed by atoms with van der Waals surface area (Å²) in [5.74, 6) is 0. The third-order valence-corrected chi connectivity index (χ3v) is 1.33. The number of aliphatic hydroxyl groups excluding tert-OH is 1. The lowest BCUT2D eigenvalue weighted by Crippen LogP contribution is -2.36. The molecule has 8 heavy (non-hydrogen) atoms. The van der Waals surface area contributed by atoms with Gasteiger partial charge in [0.1, 0.15) is 0 Å². The monoisotopic (exact) mass is 113 g/mol. The van der Waals surface area contributed by atoms with Crippen LogP contribution in [0.4, 0.5) is 0 Å². The lowest BCUT2D eigenvalue weighted by atomic mass is 10.1. The van der Waals surface area contributed by atoms with Crippen LogP contribution in [0.2, 0.25) is 0 Å². The molecule has 0 radical (unpaired) electrons. The van der Waals surface area contributed by atoms with E-state index in [-0.39, 0.29) is 6.61 Å². The number of rotatable bonds is 1. The van der Waals surface area contributed by atoms with Crippen molar-refractivity contribution >= 4 is 0 Å². The SMILES string of the molecule is CN1CC(=CCO)C1. The quantitative estimate of drug-likeness (QED) is 0.478. The van der Waals surface area contributed by atoms with E-state index in [2.05, 4.69) is 11.9 Å². The summed E-state index contributed by atoms with van der Waals surface area (Å²) < 4.78 is 0. The molecule has 0 bridgehead atoms. The molecule has 0 atom stereocenters. The zero-order valence-corrected chi connectivity index (χ0v) is 5.09. The molecule has 46 valence electrons. The molecule has 0 amide bonds. The molecule has 1 fully saturated rings. The Morgan fingerprint density at radius 1 is 1.75 bits per heavy atom. The minimum atomic E-state index is 0.198. The van der Waals surface area contributed by atoms with Gasteiger partial charge in [-0.25, -0.2) is 0 Å². The summed E-state index contributed by atoms with van der Waals surface area (Å²) in [5.41, 5.74) is 1.36. The summed E-state index contributed by atoms with van der Waals surface area (Å²) in [5, 5.41) is 8.39. The molecule has 0 unspecified atom stereocenters. The Bertz CT molecular complexity index is 101. The molecule has 0 aromatic carbocycles. The maximum Gasteiger partial charge on any atom is 0.0615 e. The number of hydrogen-bond donors (Lipinski definition) is 1. The van der Waals surface area contributed by atoms with Gasteiger partial charge >= 0.3 is 0 Å². The number of nitrogens with zero attached hydrogens (tertiary/aromatic N) is 1. The van der Waals surface area contributed by atoms with E-state index >= 15 is 0 Å². The predicted molar refractivity (Wildman–Crippen MR) is 32.7 cm³/mol. The van der Waals surface area contributed by atoms with E-state index in [0.29, 0.717) is 0 Å². The Morgan fingerprint density at radius 2 is 2.38 bits per heavy atom. The molecule has 1 N–H and O–H groups in total. The van der Waals surface area contributed by atoms with Gasteiger partial charge in [-0.2, -0.15) is 0 Å². The fraction of sp³-hybridized carbons (Fsp3) is 0.667. The van der Waals surface area contributed by atoms with Crippen molar-refractivity contribution in [2.75, 3.05) is 26.7 Å². The number of likely N-dealkylation sites (tertiary alicyclic amines) is 1. The van der Waals surface area contributed by atoms with Crippen LogP contribution in [0.5, 0.6) is 0 Å². The van der Waals surface area contributed by atoms with Gasteiger partial charge in [0.2, 0.25) is 0 Å². The maximum absolute atomic E-state index is 8.39. The molecule has 1 heterocycles. The largest absolute Gasteiger partial charge is 0.392 e. The van der Waals surface area contributed by atoms with Gasteiger partial charge in [0.25, 0.3) is 0 Å². The maximum atomic E-state index is 8.39. The summed E-state index contributed by atoms with van der Waals surface area (Å²) in [6, 6.07) is 0. The molecular formula is C6H11NO. The molecule has 1 aliphatic rings. The van der Waals surface area contributed by atoms with Crippen molar-refractivity contribution in [1.82, 2.24) is 4.90 Å². The highest BCUT2D eigenvalue weighted by Crippen LogP contribution is 2.09. The summed E-state index contributed by atoms with van der Waals surface area (Å²) in [7, 11) is 2.06. The van der Waals surface area contributed by atoms with Crippen molar-refractivity contribution in [3.63, 3.8) is 0 Å². The van der Waals surface area contributed by atoms with Gasteiger partial charge in [-0.05, 0) is 12.6 Å². The Hall–Kier alpha value is -0.340. The zero-order chi connectivity index (χ0) is 5.98. The average Bonchev–Trinajstić information content (AvgIpc) is 1.64. The summed E-state index contributed by atoms with van der Waals surface area (Å²) >= 11 is 0. The second-order valence-corrected chi connectivity index (χ2v) is 2.22. The minimum absolute atomic E-state index is 0.198. The van der Waals surface area contributed by atoms with Gasteiger partial charge in [0, 0.05) is 13.1 Å². The van der Waals surface area contributed by atoms with E-state index in [1.165, 1.54) is 5.57 Å². The highest BCUT2D eigenvalue weighted by molar-refractivity contribution is 5.14. The third kappa shape index (κ3) is 1.08. The molecule has 0 saturated carbocycles. The number of likely N-dealkylation sites (N-methyl/N-ethyl adjacent to an activating group) is 1. The van der Waals surface area contributed by atoms with Crippen molar-refractivity contribution in [3.05, 3.63) is 11.6 Å². The first-order chi connectivity index (χ1) is 3.83. The van der Waals surface area contributed by atoms with E-state index in [1.54, 1.807) is 0 Å². The predicted octanol–water partition coefficient (Wildman–Crippen LogP) is -0.149. The van der Waals surface area contributed by atoms with Crippen LogP contribution >= 0.6 is 0 Å². The third-order valence-electron chi connectivity index (χ3n) is 1.33. The van der Waals surface area contributed by atoms with E-state index < -0.39 is 0 Å². The van der Waals surface area contributed by atoms with Crippen molar-refractivity contribution in [2.24, 2.45) is 0 Å². The molecule has 1 saturated heterocycles. The Labute approximate surface area is 49.4 Å². The molecule has 2 heteroatoms. The van der Waals surface area contributed by atoms with Crippen LogP contribution in [0.1, 0.15) is 0 Å². The molecular weight excluding hydrogens is 102 g/mol. The minimum Gasteiger partial charge on any atom is -0.392 e. The molecule has 0 aliphatic carbocycles. The van der Waals surface area contributed by atoms with Gasteiger partial charge in [-0.15, -0.1) is 0 Å². The van der Waals surface area contributed by atoms with Gasteiger partial charge in [-0.1, -0.05) is 6.08 Å². The number of hydrogen-bond acceptors (Lipinski definition) is 2. The Balaban J connectivity index is 2.23. The van der Waals surface area contributed by atoms with E-state index in [4.69, 9.17) is 5.11 Å². The highest BCUT2D eigenvalue weighted by Gasteiger charge is 2.13. The topological polar surface area (TPSA) is 23.5 Å².